The lowest BCUT2D eigenvalue weighted by Gasteiger charge is -2.15. The summed E-state index contributed by atoms with van der Waals surface area (Å²) in [5, 5.41) is 6.51. The Bertz CT molecular complexity index is 725. The first-order chi connectivity index (χ1) is 10.5. The molecule has 2 aromatic rings. The zero-order valence-corrected chi connectivity index (χ0v) is 13.0. The van der Waals surface area contributed by atoms with E-state index in [4.69, 9.17) is 19.9 Å². The summed E-state index contributed by atoms with van der Waals surface area (Å²) in [7, 11) is 4.60. The van der Waals surface area contributed by atoms with Gasteiger partial charge in [0.1, 0.15) is 0 Å². The smallest absolute Gasteiger partial charge is 0.268 e. The Morgan fingerprint density at radius 3 is 2.36 bits per heavy atom. The molecule has 1 atom stereocenters. The average Bonchev–Trinajstić information content (AvgIpc) is 2.53. The normalized spacial score (nSPS) is 11.9. The van der Waals surface area contributed by atoms with Crippen molar-refractivity contribution in [2.45, 2.75) is 13.0 Å². The van der Waals surface area contributed by atoms with E-state index in [2.05, 4.69) is 10.2 Å². The van der Waals surface area contributed by atoms with Crippen molar-refractivity contribution in [1.29, 1.82) is 0 Å². The van der Waals surface area contributed by atoms with Crippen LogP contribution in [0.25, 0.3) is 11.3 Å². The summed E-state index contributed by atoms with van der Waals surface area (Å²) in [4.78, 5) is 11.7. The molecular formula is C15H19N3O4. The summed E-state index contributed by atoms with van der Waals surface area (Å²) >= 11 is 0. The zero-order chi connectivity index (χ0) is 16.3. The molecule has 7 heteroatoms. The van der Waals surface area contributed by atoms with Gasteiger partial charge in [-0.15, -0.1) is 0 Å². The lowest BCUT2D eigenvalue weighted by atomic mass is 10.1. The van der Waals surface area contributed by atoms with Gasteiger partial charge < -0.3 is 19.9 Å². The number of nitrogens with one attached hydrogen (secondary N) is 1. The molecular weight excluding hydrogens is 286 g/mol. The van der Waals surface area contributed by atoms with Crippen molar-refractivity contribution in [2.75, 3.05) is 21.3 Å². The monoisotopic (exact) mass is 305 g/mol. The maximum absolute atomic E-state index is 11.7. The van der Waals surface area contributed by atoms with Crippen molar-refractivity contribution in [1.82, 2.24) is 10.2 Å². The van der Waals surface area contributed by atoms with E-state index in [0.29, 0.717) is 34.1 Å². The molecule has 1 heterocycles. The van der Waals surface area contributed by atoms with Crippen LogP contribution in [-0.4, -0.2) is 31.5 Å². The van der Waals surface area contributed by atoms with E-state index in [0.717, 1.165) is 0 Å². The molecule has 0 amide bonds. The van der Waals surface area contributed by atoms with Crippen molar-refractivity contribution < 1.29 is 14.2 Å². The third-order valence-corrected chi connectivity index (χ3v) is 3.30. The van der Waals surface area contributed by atoms with Gasteiger partial charge in [-0.3, -0.25) is 4.79 Å². The van der Waals surface area contributed by atoms with E-state index in [1.54, 1.807) is 32.2 Å². The van der Waals surface area contributed by atoms with Gasteiger partial charge in [0, 0.05) is 17.2 Å². The van der Waals surface area contributed by atoms with Crippen LogP contribution in [0.15, 0.2) is 23.0 Å². The Hall–Kier alpha value is -2.54. The lowest BCUT2D eigenvalue weighted by Crippen LogP contribution is -2.20. The van der Waals surface area contributed by atoms with Crippen LogP contribution in [0.3, 0.4) is 0 Å². The number of benzene rings is 1. The summed E-state index contributed by atoms with van der Waals surface area (Å²) in [6.07, 6.45) is 0. The minimum Gasteiger partial charge on any atom is -0.493 e. The lowest BCUT2D eigenvalue weighted by molar-refractivity contribution is 0.325. The first-order valence-corrected chi connectivity index (χ1v) is 6.68. The van der Waals surface area contributed by atoms with E-state index in [1.165, 1.54) is 14.2 Å². The van der Waals surface area contributed by atoms with Gasteiger partial charge in [-0.2, -0.15) is 5.10 Å². The quantitative estimate of drug-likeness (QED) is 0.868. The SMILES string of the molecule is COc1ccc(-c2cc(C(C)N)c(=O)[nH]n2)c(OC)c1OC. The number of aromatic nitrogens is 2. The van der Waals surface area contributed by atoms with Crippen molar-refractivity contribution >= 4 is 0 Å². The number of hydrogen-bond acceptors (Lipinski definition) is 6. The molecule has 0 fully saturated rings. The molecule has 7 nitrogen and oxygen atoms in total. The summed E-state index contributed by atoms with van der Waals surface area (Å²) in [6, 6.07) is 4.77. The van der Waals surface area contributed by atoms with Gasteiger partial charge in [0.05, 0.1) is 27.0 Å². The van der Waals surface area contributed by atoms with Crippen molar-refractivity contribution in [3.05, 3.63) is 34.1 Å². The predicted octanol–water partition coefficient (Wildman–Crippen LogP) is 1.48. The standard InChI is InChI=1S/C15H19N3O4/c1-8(16)10-7-11(17-18-15(10)19)9-5-6-12(20-2)14(22-4)13(9)21-3/h5-8H,16H2,1-4H3,(H,18,19). The van der Waals surface area contributed by atoms with E-state index in [9.17, 15) is 4.79 Å². The number of rotatable bonds is 5. The van der Waals surface area contributed by atoms with Crippen LogP contribution >= 0.6 is 0 Å². The minimum atomic E-state index is -0.406. The van der Waals surface area contributed by atoms with Crippen LogP contribution in [0.2, 0.25) is 0 Å². The molecule has 1 aromatic carbocycles. The molecule has 22 heavy (non-hydrogen) atoms. The van der Waals surface area contributed by atoms with E-state index in [1.807, 2.05) is 0 Å². The van der Waals surface area contributed by atoms with Crippen molar-refractivity contribution in [2.24, 2.45) is 5.73 Å². The summed E-state index contributed by atoms with van der Waals surface area (Å²) < 4.78 is 16.0. The Morgan fingerprint density at radius 2 is 1.82 bits per heavy atom. The molecule has 0 aliphatic carbocycles. The molecule has 0 saturated heterocycles. The van der Waals surface area contributed by atoms with Gasteiger partial charge >= 0.3 is 0 Å². The van der Waals surface area contributed by atoms with Crippen LogP contribution in [0.4, 0.5) is 0 Å². The fourth-order valence-electron chi connectivity index (χ4n) is 2.20. The van der Waals surface area contributed by atoms with Crippen LogP contribution in [0.5, 0.6) is 17.2 Å². The Morgan fingerprint density at radius 1 is 1.14 bits per heavy atom. The highest BCUT2D eigenvalue weighted by atomic mass is 16.5. The topological polar surface area (TPSA) is 99.5 Å². The molecule has 0 spiro atoms. The Balaban J connectivity index is 2.67. The number of nitrogens with two attached hydrogens (primary N) is 1. The first kappa shape index (κ1) is 15.8. The van der Waals surface area contributed by atoms with Gasteiger partial charge in [-0.25, -0.2) is 5.10 Å². The fourth-order valence-corrected chi connectivity index (χ4v) is 2.20. The van der Waals surface area contributed by atoms with Gasteiger partial charge in [0.15, 0.2) is 11.5 Å². The van der Waals surface area contributed by atoms with Gasteiger partial charge in [0.25, 0.3) is 5.56 Å². The average molecular weight is 305 g/mol. The van der Waals surface area contributed by atoms with Crippen molar-refractivity contribution in [3.63, 3.8) is 0 Å². The molecule has 1 aromatic heterocycles. The molecule has 1 unspecified atom stereocenters. The second-order valence-corrected chi connectivity index (χ2v) is 4.71. The zero-order valence-electron chi connectivity index (χ0n) is 13.0. The minimum absolute atomic E-state index is 0.307. The molecule has 118 valence electrons. The second-order valence-electron chi connectivity index (χ2n) is 4.71. The highest BCUT2D eigenvalue weighted by molar-refractivity contribution is 5.74. The number of ether oxygens (including phenoxy) is 3. The Kier molecular flexibility index (Phi) is 4.67. The predicted molar refractivity (Wildman–Crippen MR) is 82.6 cm³/mol. The third kappa shape index (κ3) is 2.75. The summed E-state index contributed by atoms with van der Waals surface area (Å²) in [5.74, 6) is 1.47. The summed E-state index contributed by atoms with van der Waals surface area (Å²) in [5.41, 5.74) is 7.15. The maximum Gasteiger partial charge on any atom is 0.268 e. The van der Waals surface area contributed by atoms with Gasteiger partial charge in [-0.1, -0.05) is 0 Å². The van der Waals surface area contributed by atoms with Crippen LogP contribution in [0.1, 0.15) is 18.5 Å². The Labute approximate surface area is 128 Å². The van der Waals surface area contributed by atoms with Crippen molar-refractivity contribution in [3.8, 4) is 28.5 Å². The highest BCUT2D eigenvalue weighted by Gasteiger charge is 2.19. The molecule has 0 bridgehead atoms. The molecule has 2 rings (SSSR count). The summed E-state index contributed by atoms with van der Waals surface area (Å²) in [6.45, 7) is 1.74. The molecule has 3 N–H and O–H groups in total. The molecule has 0 saturated carbocycles. The van der Waals surface area contributed by atoms with Gasteiger partial charge in [0.2, 0.25) is 5.75 Å². The molecule has 0 radical (unpaired) electrons. The first-order valence-electron chi connectivity index (χ1n) is 6.68. The van der Waals surface area contributed by atoms with Crippen LogP contribution in [0, 0.1) is 0 Å². The number of hydrogen-bond donors (Lipinski definition) is 2. The van der Waals surface area contributed by atoms with Crippen LogP contribution in [-0.2, 0) is 0 Å². The van der Waals surface area contributed by atoms with E-state index >= 15 is 0 Å². The number of methoxy groups -OCH3 is 3. The van der Waals surface area contributed by atoms with E-state index in [-0.39, 0.29) is 5.56 Å². The van der Waals surface area contributed by atoms with E-state index < -0.39 is 6.04 Å². The van der Waals surface area contributed by atoms with Gasteiger partial charge in [-0.05, 0) is 25.1 Å². The fraction of sp³-hybridized carbons (Fsp3) is 0.333. The molecule has 0 aliphatic heterocycles. The van der Waals surface area contributed by atoms with Crippen LogP contribution < -0.4 is 25.5 Å². The number of nitrogens with zero attached hydrogens (tertiary/aromatic N) is 1. The third-order valence-electron chi connectivity index (χ3n) is 3.30. The molecule has 0 aliphatic rings. The second kappa shape index (κ2) is 6.48. The maximum atomic E-state index is 11.7. The highest BCUT2D eigenvalue weighted by Crippen LogP contribution is 2.43. The number of H-pyrrole nitrogens is 1. The largest absolute Gasteiger partial charge is 0.493 e. The number of aromatic amines is 1.